The summed E-state index contributed by atoms with van der Waals surface area (Å²) in [7, 11) is 1.51. The van der Waals surface area contributed by atoms with Crippen molar-refractivity contribution in [2.45, 2.75) is 399 Å². The number of esters is 1. The highest BCUT2D eigenvalue weighted by Crippen LogP contribution is 2.43. The minimum absolute atomic E-state index is 0.0405. The van der Waals surface area contributed by atoms with Gasteiger partial charge >= 0.3 is 13.8 Å². The molecule has 0 aromatic heterocycles. The van der Waals surface area contributed by atoms with E-state index in [0.29, 0.717) is 23.9 Å². The third-order valence-corrected chi connectivity index (χ3v) is 18.9. The Labute approximate surface area is 572 Å². The first-order valence-corrected chi connectivity index (χ1v) is 41.3. The highest BCUT2D eigenvalue weighted by Gasteiger charge is 2.30. The second kappa shape index (κ2) is 71.2. The van der Waals surface area contributed by atoms with Gasteiger partial charge in [0.15, 0.2) is 0 Å². The molecule has 0 radical (unpaired) electrons. The van der Waals surface area contributed by atoms with E-state index < -0.39 is 20.0 Å². The van der Waals surface area contributed by atoms with E-state index in [1.807, 2.05) is 27.2 Å². The smallest absolute Gasteiger partial charge is 0.456 e. The zero-order valence-corrected chi connectivity index (χ0v) is 62.7. The average Bonchev–Trinajstić information content (AvgIpc) is 3.69. The number of likely N-dealkylation sites (N-methyl/N-ethyl adjacent to an activating group) is 1. The van der Waals surface area contributed by atoms with Crippen LogP contribution in [0.3, 0.4) is 0 Å². The first kappa shape index (κ1) is 89.5. The van der Waals surface area contributed by atoms with Crippen LogP contribution in [-0.4, -0.2) is 74.3 Å². The van der Waals surface area contributed by atoms with Crippen molar-refractivity contribution in [3.63, 3.8) is 0 Å². The van der Waals surface area contributed by atoms with Crippen LogP contribution in [0.4, 0.5) is 0 Å². The Bertz CT molecular complexity index is 1800. The van der Waals surface area contributed by atoms with Crippen LogP contribution in [0, 0.1) is 0 Å². The molecule has 0 bridgehead atoms. The molecule has 0 saturated heterocycles. The lowest BCUT2D eigenvalue weighted by atomic mass is 10.0. The number of hydrogen-bond donors (Lipinski definition) is 2. The number of carbonyl (C=O) groups is 2. The van der Waals surface area contributed by atoms with E-state index in [-0.39, 0.29) is 25.1 Å². The summed E-state index contributed by atoms with van der Waals surface area (Å²) in [5.74, 6) is -0.489. The van der Waals surface area contributed by atoms with Gasteiger partial charge in [0.1, 0.15) is 19.3 Å². The third-order valence-electron chi connectivity index (χ3n) is 17.9. The lowest BCUT2D eigenvalue weighted by molar-refractivity contribution is -0.870. The molecule has 92 heavy (non-hydrogen) atoms. The number of amides is 1. The highest BCUT2D eigenvalue weighted by atomic mass is 31.2. The van der Waals surface area contributed by atoms with Crippen molar-refractivity contribution in [3.8, 4) is 0 Å². The molecule has 0 heterocycles. The maximum atomic E-state index is 13.7. The van der Waals surface area contributed by atoms with Gasteiger partial charge in [-0.2, -0.15) is 0 Å². The van der Waals surface area contributed by atoms with Crippen LogP contribution in [0.5, 0.6) is 0 Å². The molecule has 0 fully saturated rings. The van der Waals surface area contributed by atoms with E-state index in [1.54, 1.807) is 0 Å². The van der Waals surface area contributed by atoms with Crippen LogP contribution in [0.15, 0.2) is 72.9 Å². The molecule has 0 aliphatic rings. The zero-order chi connectivity index (χ0) is 67.0. The Morgan fingerprint density at radius 3 is 1.01 bits per heavy atom. The number of phosphoric acid groups is 1. The predicted octanol–water partition coefficient (Wildman–Crippen LogP) is 25.9. The molecule has 0 saturated carbocycles. The largest absolute Gasteiger partial charge is 0.472 e. The number of quaternary nitrogens is 1. The summed E-state index contributed by atoms with van der Waals surface area (Å²) in [6.45, 7) is 7.02. The molecule has 2 N–H and O–H groups in total. The van der Waals surface area contributed by atoms with Crippen molar-refractivity contribution >= 4 is 19.7 Å². The van der Waals surface area contributed by atoms with Crippen LogP contribution >= 0.6 is 7.82 Å². The molecular formula is C82H154N2O7P+. The number of ether oxygens (including phenoxy) is 1. The number of carbonyl (C=O) groups excluding carboxylic acids is 2. The summed E-state index contributed by atoms with van der Waals surface area (Å²) in [6.07, 6.45) is 95.1. The van der Waals surface area contributed by atoms with E-state index in [0.717, 1.165) is 77.0 Å². The lowest BCUT2D eigenvalue weighted by Gasteiger charge is -2.27. The van der Waals surface area contributed by atoms with Gasteiger partial charge in [-0.05, 0) is 102 Å². The Balaban J connectivity index is 4.90. The summed E-state index contributed by atoms with van der Waals surface area (Å²) >= 11 is 0. The zero-order valence-electron chi connectivity index (χ0n) is 61.8. The van der Waals surface area contributed by atoms with Crippen LogP contribution < -0.4 is 5.32 Å². The highest BCUT2D eigenvalue weighted by molar-refractivity contribution is 7.47. The van der Waals surface area contributed by atoms with Crippen LogP contribution in [0.25, 0.3) is 0 Å². The number of phosphoric ester groups is 1. The Morgan fingerprint density at radius 1 is 0.380 bits per heavy atom. The second-order valence-corrected chi connectivity index (χ2v) is 29.7. The minimum atomic E-state index is -4.46. The monoisotopic (exact) mass is 1310 g/mol. The molecule has 9 nitrogen and oxygen atoms in total. The van der Waals surface area contributed by atoms with Gasteiger partial charge in [0, 0.05) is 12.8 Å². The normalized spacial score (nSPS) is 13.8. The number of nitrogens with one attached hydrogen (secondary N) is 1. The second-order valence-electron chi connectivity index (χ2n) is 28.2. The van der Waals surface area contributed by atoms with Gasteiger partial charge in [-0.25, -0.2) is 4.57 Å². The molecule has 3 unspecified atom stereocenters. The molecule has 0 rings (SSSR count). The van der Waals surface area contributed by atoms with Gasteiger partial charge < -0.3 is 19.4 Å². The summed E-state index contributed by atoms with van der Waals surface area (Å²) in [4.78, 5) is 38.0. The Hall–Kier alpha value is -2.55. The number of nitrogens with zero attached hydrogens (tertiary/aromatic N) is 1. The molecule has 0 aliphatic carbocycles. The minimum Gasteiger partial charge on any atom is -0.456 e. The van der Waals surface area contributed by atoms with Gasteiger partial charge in [0.25, 0.3) is 0 Å². The van der Waals surface area contributed by atoms with Crippen LogP contribution in [0.1, 0.15) is 387 Å². The SMILES string of the molecule is CCCCC/C=C\C/C=C\C/C=C\CCCCCCCCCCCCCCCCC(=O)NC(COP(=O)(O)OCC[N+](C)(C)C)C(/C=C/CCCCCCCCCCCC)OC(=O)CCCCCCCCCCCCCCCCCCC/C=C\C/C=C\CCCCC. The number of hydrogen-bond acceptors (Lipinski definition) is 6. The van der Waals surface area contributed by atoms with Crippen molar-refractivity contribution < 1.29 is 37.3 Å². The van der Waals surface area contributed by atoms with Crippen molar-refractivity contribution in [1.82, 2.24) is 5.32 Å². The third kappa shape index (κ3) is 71.7. The van der Waals surface area contributed by atoms with E-state index in [4.69, 9.17) is 13.8 Å². The predicted molar refractivity (Wildman–Crippen MR) is 401 cm³/mol. The molecule has 0 spiro atoms. The van der Waals surface area contributed by atoms with Gasteiger partial charge in [0.05, 0.1) is 33.8 Å². The number of rotatable bonds is 73. The van der Waals surface area contributed by atoms with Crippen molar-refractivity contribution in [2.75, 3.05) is 40.9 Å². The lowest BCUT2D eigenvalue weighted by Crippen LogP contribution is -2.47. The Morgan fingerprint density at radius 2 is 0.663 bits per heavy atom. The van der Waals surface area contributed by atoms with E-state index >= 15 is 0 Å². The average molecular weight is 1310 g/mol. The van der Waals surface area contributed by atoms with E-state index in [2.05, 4.69) is 92.9 Å². The van der Waals surface area contributed by atoms with Crippen molar-refractivity contribution in [2.24, 2.45) is 0 Å². The van der Waals surface area contributed by atoms with E-state index in [1.165, 1.54) is 276 Å². The summed E-state index contributed by atoms with van der Waals surface area (Å²) < 4.78 is 30.9. The first-order valence-electron chi connectivity index (χ1n) is 39.8. The number of allylic oxidation sites excluding steroid dienone is 11. The van der Waals surface area contributed by atoms with Crippen molar-refractivity contribution in [1.29, 1.82) is 0 Å². The molecular weight excluding hydrogens is 1160 g/mol. The summed E-state index contributed by atoms with van der Waals surface area (Å²) in [6, 6.07) is -0.851. The number of unbranched alkanes of at least 4 members (excludes halogenated alkanes) is 47. The molecule has 0 aromatic rings. The maximum Gasteiger partial charge on any atom is 0.472 e. The molecule has 10 heteroatoms. The fourth-order valence-electron chi connectivity index (χ4n) is 11.7. The van der Waals surface area contributed by atoms with Crippen LogP contribution in [-0.2, 0) is 27.9 Å². The summed E-state index contributed by atoms with van der Waals surface area (Å²) in [5, 5.41) is 3.08. The molecule has 0 aliphatic heterocycles. The standard InChI is InChI=1S/C82H153N2O7P/c1-7-10-13-16-19-22-25-28-30-32-34-36-38-40-42-44-46-48-50-52-54-56-59-62-65-68-71-74-81(85)83-79(78-90-92(87,88)89-77-76-84(4,5)6)80(73-70-67-64-61-58-27-24-21-18-15-12-9-3)91-82(86)75-72-69-66-63-60-57-55-53-51-49-47-45-43-41-39-37-35-33-31-29-26-23-20-17-14-11-8-2/h19-20,22-23,28-31,34,36,70,73,79-80H,7-18,21,24-27,32-33,35,37-69,71-72,74-78H2,1-6H3,(H-,83,85,87,88)/p+1/b22-19-,23-20-,30-28-,31-29-,36-34-,73-70+. The topological polar surface area (TPSA) is 111 Å². The Kier molecular flexibility index (Phi) is 69.3. The van der Waals surface area contributed by atoms with E-state index in [9.17, 15) is 19.0 Å². The quantitative estimate of drug-likeness (QED) is 0.0205. The fourth-order valence-corrected chi connectivity index (χ4v) is 12.5. The molecule has 538 valence electrons. The van der Waals surface area contributed by atoms with Gasteiger partial charge in [-0.1, -0.05) is 344 Å². The van der Waals surface area contributed by atoms with Gasteiger partial charge in [0.2, 0.25) is 5.91 Å². The summed E-state index contributed by atoms with van der Waals surface area (Å²) in [5.41, 5.74) is 0. The molecule has 1 amide bonds. The molecule has 3 atom stereocenters. The van der Waals surface area contributed by atoms with Crippen molar-refractivity contribution in [3.05, 3.63) is 72.9 Å². The maximum absolute atomic E-state index is 13.7. The molecule has 0 aromatic carbocycles. The fraction of sp³-hybridized carbons (Fsp3) is 0.829. The van der Waals surface area contributed by atoms with Crippen LogP contribution in [0.2, 0.25) is 0 Å². The van der Waals surface area contributed by atoms with Gasteiger partial charge in [-0.3, -0.25) is 18.6 Å². The van der Waals surface area contributed by atoms with Gasteiger partial charge in [-0.15, -0.1) is 0 Å². The first-order chi connectivity index (χ1) is 44.9.